The molecule has 0 aromatic rings. The maximum atomic E-state index is 5.65. The third kappa shape index (κ3) is 2.91. The van der Waals surface area contributed by atoms with E-state index in [-0.39, 0.29) is 12.4 Å². The zero-order chi connectivity index (χ0) is 6.69. The smallest absolute Gasteiger partial charge is 0.0445 e. The Labute approximate surface area is 73.4 Å². The number of halogens is 2. The van der Waals surface area contributed by atoms with Crippen LogP contribution in [0.1, 0.15) is 6.42 Å². The summed E-state index contributed by atoms with van der Waals surface area (Å²) >= 11 is 5.65. The summed E-state index contributed by atoms with van der Waals surface area (Å²) < 4.78 is 0. The highest BCUT2D eigenvalue weighted by molar-refractivity contribution is 6.19. The predicted octanol–water partition coefficient (Wildman–Crippen LogP) is 1.91. The van der Waals surface area contributed by atoms with Gasteiger partial charge in [-0.3, -0.25) is 0 Å². The second kappa shape index (κ2) is 5.00. The van der Waals surface area contributed by atoms with Gasteiger partial charge in [0.25, 0.3) is 0 Å². The van der Waals surface area contributed by atoms with Crippen molar-refractivity contribution in [2.45, 2.75) is 6.42 Å². The Kier molecular flexibility index (Phi) is 5.14. The van der Waals surface area contributed by atoms with Crippen LogP contribution in [0.2, 0.25) is 0 Å². The Morgan fingerprint density at radius 1 is 1.70 bits per heavy atom. The van der Waals surface area contributed by atoms with E-state index in [1.165, 1.54) is 18.5 Å². The average Bonchev–Trinajstić information content (AvgIpc) is 1.88. The van der Waals surface area contributed by atoms with Gasteiger partial charge in [-0.25, -0.2) is 0 Å². The molecule has 1 rings (SSSR count). The highest BCUT2D eigenvalue weighted by atomic mass is 35.5. The Balaban J connectivity index is 0.000000810. The summed E-state index contributed by atoms with van der Waals surface area (Å²) in [4.78, 5) is 2.29. The maximum Gasteiger partial charge on any atom is 0.0445 e. The molecule has 60 valence electrons. The van der Waals surface area contributed by atoms with E-state index in [2.05, 4.69) is 18.0 Å². The van der Waals surface area contributed by atoms with E-state index in [0.717, 1.165) is 6.54 Å². The Hall–Kier alpha value is 0.280. The molecule has 10 heavy (non-hydrogen) atoms. The number of likely N-dealkylation sites (N-methyl/N-ethyl adjacent to an activating group) is 1. The fraction of sp³-hybridized carbons (Fsp3) is 0.714. The van der Waals surface area contributed by atoms with Crippen LogP contribution >= 0.6 is 24.0 Å². The summed E-state index contributed by atoms with van der Waals surface area (Å²) in [6.45, 7) is 2.24. The van der Waals surface area contributed by atoms with Crippen LogP contribution in [-0.4, -0.2) is 30.9 Å². The van der Waals surface area contributed by atoms with Gasteiger partial charge in [-0.05, 0) is 19.0 Å². The molecule has 0 bridgehead atoms. The molecule has 0 saturated carbocycles. The normalized spacial score (nSPS) is 19.6. The molecular formula is C7H13Cl2N. The van der Waals surface area contributed by atoms with Crippen molar-refractivity contribution in [1.82, 2.24) is 4.90 Å². The standard InChI is InChI=1S/C7H12ClN.ClH/c1-9-4-2-3-7(5-8)6-9;/h3H,2,4-6H2,1H3;1H. The van der Waals surface area contributed by atoms with Crippen molar-refractivity contribution in [2.24, 2.45) is 0 Å². The molecule has 0 N–H and O–H groups in total. The summed E-state index contributed by atoms with van der Waals surface area (Å²) in [5.74, 6) is 0.699. The summed E-state index contributed by atoms with van der Waals surface area (Å²) in [5.41, 5.74) is 1.37. The lowest BCUT2D eigenvalue weighted by Crippen LogP contribution is -2.25. The molecule has 1 heterocycles. The van der Waals surface area contributed by atoms with Gasteiger partial charge in [0.2, 0.25) is 0 Å². The molecule has 0 unspecified atom stereocenters. The van der Waals surface area contributed by atoms with Gasteiger partial charge in [0.1, 0.15) is 0 Å². The van der Waals surface area contributed by atoms with Crippen LogP contribution in [0.15, 0.2) is 11.6 Å². The van der Waals surface area contributed by atoms with Crippen molar-refractivity contribution < 1.29 is 0 Å². The quantitative estimate of drug-likeness (QED) is 0.442. The van der Waals surface area contributed by atoms with Crippen LogP contribution in [0.4, 0.5) is 0 Å². The topological polar surface area (TPSA) is 3.24 Å². The lowest BCUT2D eigenvalue weighted by atomic mass is 10.1. The molecule has 3 heteroatoms. The molecule has 1 aliphatic rings. The largest absolute Gasteiger partial charge is 0.302 e. The maximum absolute atomic E-state index is 5.65. The minimum Gasteiger partial charge on any atom is -0.302 e. The Bertz CT molecular complexity index is 123. The molecule has 0 atom stereocenters. The average molecular weight is 182 g/mol. The van der Waals surface area contributed by atoms with Gasteiger partial charge in [-0.15, -0.1) is 24.0 Å². The molecule has 0 fully saturated rings. The first-order chi connectivity index (χ1) is 4.33. The first kappa shape index (κ1) is 10.3. The van der Waals surface area contributed by atoms with Gasteiger partial charge < -0.3 is 4.90 Å². The first-order valence-corrected chi connectivity index (χ1v) is 3.79. The third-order valence-corrected chi connectivity index (χ3v) is 1.93. The van der Waals surface area contributed by atoms with Crippen LogP contribution in [-0.2, 0) is 0 Å². The summed E-state index contributed by atoms with van der Waals surface area (Å²) in [7, 11) is 2.12. The van der Waals surface area contributed by atoms with Gasteiger partial charge in [0.05, 0.1) is 0 Å². The van der Waals surface area contributed by atoms with E-state index < -0.39 is 0 Å². The number of alkyl halides is 1. The monoisotopic (exact) mass is 181 g/mol. The molecular weight excluding hydrogens is 169 g/mol. The highest BCUT2D eigenvalue weighted by Crippen LogP contribution is 2.08. The molecule has 0 radical (unpaired) electrons. The predicted molar refractivity (Wildman–Crippen MR) is 48.2 cm³/mol. The van der Waals surface area contributed by atoms with E-state index in [9.17, 15) is 0 Å². The highest BCUT2D eigenvalue weighted by Gasteiger charge is 2.05. The molecule has 0 amide bonds. The van der Waals surface area contributed by atoms with Crippen LogP contribution in [0.25, 0.3) is 0 Å². The van der Waals surface area contributed by atoms with E-state index in [0.29, 0.717) is 5.88 Å². The first-order valence-electron chi connectivity index (χ1n) is 3.25. The molecule has 1 nitrogen and oxygen atoms in total. The number of nitrogens with zero attached hydrogens (tertiary/aromatic N) is 1. The minimum atomic E-state index is 0. The van der Waals surface area contributed by atoms with Gasteiger partial charge in [0.15, 0.2) is 0 Å². The van der Waals surface area contributed by atoms with Crippen LogP contribution in [0.3, 0.4) is 0 Å². The molecule has 0 aromatic carbocycles. The number of hydrogen-bond acceptors (Lipinski definition) is 1. The Morgan fingerprint density at radius 2 is 2.40 bits per heavy atom. The van der Waals surface area contributed by atoms with Crippen molar-refractivity contribution in [3.63, 3.8) is 0 Å². The minimum absolute atomic E-state index is 0. The summed E-state index contributed by atoms with van der Waals surface area (Å²) in [6.07, 6.45) is 3.41. The molecule has 0 aliphatic carbocycles. The van der Waals surface area contributed by atoms with Crippen LogP contribution < -0.4 is 0 Å². The van der Waals surface area contributed by atoms with Gasteiger partial charge in [-0.1, -0.05) is 6.08 Å². The lowest BCUT2D eigenvalue weighted by molar-refractivity contribution is 0.355. The van der Waals surface area contributed by atoms with Crippen molar-refractivity contribution >= 4 is 24.0 Å². The summed E-state index contributed by atoms with van der Waals surface area (Å²) in [5, 5.41) is 0. The number of hydrogen-bond donors (Lipinski definition) is 0. The molecule has 0 aromatic heterocycles. The van der Waals surface area contributed by atoms with E-state index in [4.69, 9.17) is 11.6 Å². The van der Waals surface area contributed by atoms with Gasteiger partial charge in [0, 0.05) is 19.0 Å². The SMILES string of the molecule is CN1CCC=C(CCl)C1.Cl. The van der Waals surface area contributed by atoms with Crippen LogP contribution in [0, 0.1) is 0 Å². The fourth-order valence-electron chi connectivity index (χ4n) is 1.08. The third-order valence-electron chi connectivity index (χ3n) is 1.59. The zero-order valence-electron chi connectivity index (χ0n) is 6.14. The van der Waals surface area contributed by atoms with Crippen LogP contribution in [0.5, 0.6) is 0 Å². The number of rotatable bonds is 1. The van der Waals surface area contributed by atoms with Crippen molar-refractivity contribution in [2.75, 3.05) is 26.0 Å². The molecule has 1 aliphatic heterocycles. The Morgan fingerprint density at radius 3 is 2.80 bits per heavy atom. The van der Waals surface area contributed by atoms with Crippen molar-refractivity contribution in [3.05, 3.63) is 11.6 Å². The van der Waals surface area contributed by atoms with E-state index >= 15 is 0 Å². The summed E-state index contributed by atoms with van der Waals surface area (Å²) in [6, 6.07) is 0. The molecule has 0 spiro atoms. The zero-order valence-corrected chi connectivity index (χ0v) is 7.71. The lowest BCUT2D eigenvalue weighted by Gasteiger charge is -2.21. The van der Waals surface area contributed by atoms with Crippen molar-refractivity contribution in [3.8, 4) is 0 Å². The van der Waals surface area contributed by atoms with Gasteiger partial charge >= 0.3 is 0 Å². The van der Waals surface area contributed by atoms with E-state index in [1.54, 1.807) is 0 Å². The second-order valence-corrected chi connectivity index (χ2v) is 2.79. The van der Waals surface area contributed by atoms with E-state index in [1.807, 2.05) is 0 Å². The molecule has 0 saturated heterocycles. The van der Waals surface area contributed by atoms with Gasteiger partial charge in [-0.2, -0.15) is 0 Å². The fourth-order valence-corrected chi connectivity index (χ4v) is 1.27. The van der Waals surface area contributed by atoms with Crippen molar-refractivity contribution in [1.29, 1.82) is 0 Å². The second-order valence-electron chi connectivity index (χ2n) is 2.52.